The molecule has 0 amide bonds. The molecule has 4 nitrogen and oxygen atoms in total. The molecule has 0 spiro atoms. The smallest absolute Gasteiger partial charge is 0.132 e. The highest BCUT2D eigenvalue weighted by Crippen LogP contribution is 2.42. The lowest BCUT2D eigenvalue weighted by molar-refractivity contribution is 0.305. The molecule has 0 bridgehead atoms. The van der Waals surface area contributed by atoms with Crippen LogP contribution in [0.5, 0.6) is 23.0 Å². The topological polar surface area (TPSA) is 36.9 Å². The fourth-order valence-corrected chi connectivity index (χ4v) is 4.13. The van der Waals surface area contributed by atoms with E-state index in [1.165, 1.54) is 0 Å². The van der Waals surface area contributed by atoms with Crippen molar-refractivity contribution in [3.05, 3.63) is 108 Å². The normalized spacial score (nSPS) is 10.9. The summed E-state index contributed by atoms with van der Waals surface area (Å²) in [4.78, 5) is 0. The zero-order valence-corrected chi connectivity index (χ0v) is 19.3. The summed E-state index contributed by atoms with van der Waals surface area (Å²) < 4.78 is 23.9. The number of ether oxygens (including phenoxy) is 4. The molecule has 34 heavy (non-hydrogen) atoms. The van der Waals surface area contributed by atoms with Crippen LogP contribution in [0.25, 0.3) is 21.5 Å². The third kappa shape index (κ3) is 4.48. The SMILES string of the molecule is COc1cc(OCc2ccccc2)c2c(ccc3cc(OC)cc(OCc4ccccc4)c32)c1. The molecule has 0 aromatic heterocycles. The molecule has 0 fully saturated rings. The largest absolute Gasteiger partial charge is 0.497 e. The van der Waals surface area contributed by atoms with Crippen LogP contribution in [0, 0.1) is 0 Å². The molecule has 0 unspecified atom stereocenters. The second kappa shape index (κ2) is 9.75. The number of hydrogen-bond acceptors (Lipinski definition) is 4. The molecule has 0 heterocycles. The zero-order chi connectivity index (χ0) is 23.3. The Morgan fingerprint density at radius 2 is 0.912 bits per heavy atom. The second-order valence-corrected chi connectivity index (χ2v) is 8.06. The maximum Gasteiger partial charge on any atom is 0.132 e. The van der Waals surface area contributed by atoms with E-state index < -0.39 is 0 Å². The van der Waals surface area contributed by atoms with Crippen molar-refractivity contribution >= 4 is 21.5 Å². The molecular weight excluding hydrogens is 424 g/mol. The highest BCUT2D eigenvalue weighted by molar-refractivity contribution is 6.14. The third-order valence-corrected chi connectivity index (χ3v) is 5.85. The molecule has 0 atom stereocenters. The number of methoxy groups -OCH3 is 2. The molecule has 5 aromatic carbocycles. The van der Waals surface area contributed by atoms with Gasteiger partial charge in [-0.15, -0.1) is 0 Å². The van der Waals surface area contributed by atoms with E-state index in [0.29, 0.717) is 13.2 Å². The van der Waals surface area contributed by atoms with Crippen LogP contribution >= 0.6 is 0 Å². The van der Waals surface area contributed by atoms with Crippen LogP contribution in [0.2, 0.25) is 0 Å². The quantitative estimate of drug-likeness (QED) is 0.235. The van der Waals surface area contributed by atoms with Gasteiger partial charge in [-0.05, 0) is 34.0 Å². The van der Waals surface area contributed by atoms with Gasteiger partial charge in [-0.3, -0.25) is 0 Å². The molecule has 0 aliphatic rings. The van der Waals surface area contributed by atoms with E-state index >= 15 is 0 Å². The van der Waals surface area contributed by atoms with Crippen molar-refractivity contribution in [1.29, 1.82) is 0 Å². The van der Waals surface area contributed by atoms with Gasteiger partial charge in [0.1, 0.15) is 36.2 Å². The molecule has 0 N–H and O–H groups in total. The summed E-state index contributed by atoms with van der Waals surface area (Å²) in [6, 6.07) is 32.4. The van der Waals surface area contributed by atoms with Gasteiger partial charge in [-0.1, -0.05) is 72.8 Å². The molecule has 0 radical (unpaired) electrons. The molecule has 170 valence electrons. The van der Waals surface area contributed by atoms with Gasteiger partial charge in [0.15, 0.2) is 0 Å². The van der Waals surface area contributed by atoms with E-state index in [1.807, 2.05) is 60.7 Å². The Kier molecular flexibility index (Phi) is 6.21. The van der Waals surface area contributed by atoms with Gasteiger partial charge < -0.3 is 18.9 Å². The van der Waals surface area contributed by atoms with Gasteiger partial charge in [-0.25, -0.2) is 0 Å². The van der Waals surface area contributed by atoms with Crippen LogP contribution in [-0.4, -0.2) is 14.2 Å². The summed E-state index contributed by atoms with van der Waals surface area (Å²) in [5, 5.41) is 4.01. The van der Waals surface area contributed by atoms with Gasteiger partial charge >= 0.3 is 0 Å². The summed E-state index contributed by atoms with van der Waals surface area (Å²) in [6.07, 6.45) is 0. The summed E-state index contributed by atoms with van der Waals surface area (Å²) in [5.74, 6) is 2.99. The van der Waals surface area contributed by atoms with E-state index in [0.717, 1.165) is 55.7 Å². The average Bonchev–Trinajstić information content (AvgIpc) is 2.90. The lowest BCUT2D eigenvalue weighted by atomic mass is 9.99. The van der Waals surface area contributed by atoms with Gasteiger partial charge in [0, 0.05) is 22.9 Å². The first-order valence-electron chi connectivity index (χ1n) is 11.2. The standard InChI is InChI=1S/C30H26O4/c1-31-25-15-23-13-14-24-16-26(32-2)18-28(34-20-22-11-7-4-8-12-22)30(24)29(23)27(17-25)33-19-21-9-5-3-6-10-21/h3-18H,19-20H2,1-2H3. The minimum absolute atomic E-state index is 0.454. The molecule has 0 saturated carbocycles. The van der Waals surface area contributed by atoms with Crippen LogP contribution in [0.15, 0.2) is 97.1 Å². The van der Waals surface area contributed by atoms with Gasteiger partial charge in [0.05, 0.1) is 14.2 Å². The lowest BCUT2D eigenvalue weighted by Gasteiger charge is -2.17. The Bertz CT molecular complexity index is 1300. The van der Waals surface area contributed by atoms with E-state index in [1.54, 1.807) is 14.2 Å². The molecule has 0 aliphatic heterocycles. The van der Waals surface area contributed by atoms with Crippen molar-refractivity contribution in [2.75, 3.05) is 14.2 Å². The molecule has 5 rings (SSSR count). The number of hydrogen-bond donors (Lipinski definition) is 0. The molecular formula is C30H26O4. The van der Waals surface area contributed by atoms with Crippen LogP contribution in [-0.2, 0) is 13.2 Å². The van der Waals surface area contributed by atoms with Gasteiger partial charge in [-0.2, -0.15) is 0 Å². The van der Waals surface area contributed by atoms with Crippen molar-refractivity contribution in [3.8, 4) is 23.0 Å². The fraction of sp³-hybridized carbons (Fsp3) is 0.133. The zero-order valence-electron chi connectivity index (χ0n) is 19.3. The Hall–Kier alpha value is -4.18. The predicted molar refractivity (Wildman–Crippen MR) is 136 cm³/mol. The molecule has 4 heteroatoms. The molecule has 0 saturated heterocycles. The second-order valence-electron chi connectivity index (χ2n) is 8.06. The summed E-state index contributed by atoms with van der Waals surface area (Å²) in [5.41, 5.74) is 2.20. The minimum Gasteiger partial charge on any atom is -0.497 e. The van der Waals surface area contributed by atoms with Gasteiger partial charge in [0.25, 0.3) is 0 Å². The molecule has 5 aromatic rings. The Balaban J connectivity index is 1.66. The average molecular weight is 451 g/mol. The van der Waals surface area contributed by atoms with Crippen molar-refractivity contribution < 1.29 is 18.9 Å². The predicted octanol–water partition coefficient (Wildman–Crippen LogP) is 7.17. The number of benzene rings is 5. The first-order valence-corrected chi connectivity index (χ1v) is 11.2. The number of fused-ring (bicyclic) bond motifs is 3. The Morgan fingerprint density at radius 3 is 1.29 bits per heavy atom. The summed E-state index contributed by atoms with van der Waals surface area (Å²) in [7, 11) is 3.34. The molecule has 0 aliphatic carbocycles. The first-order chi connectivity index (χ1) is 16.7. The van der Waals surface area contributed by atoms with Crippen molar-refractivity contribution in [3.63, 3.8) is 0 Å². The Morgan fingerprint density at radius 1 is 0.500 bits per heavy atom. The van der Waals surface area contributed by atoms with E-state index in [4.69, 9.17) is 18.9 Å². The highest BCUT2D eigenvalue weighted by Gasteiger charge is 2.16. The van der Waals surface area contributed by atoms with E-state index in [-0.39, 0.29) is 0 Å². The Labute approximate surface area is 199 Å². The third-order valence-electron chi connectivity index (χ3n) is 5.85. The monoisotopic (exact) mass is 450 g/mol. The van der Waals surface area contributed by atoms with E-state index in [9.17, 15) is 0 Å². The van der Waals surface area contributed by atoms with Crippen molar-refractivity contribution in [2.24, 2.45) is 0 Å². The first kappa shape index (κ1) is 21.7. The van der Waals surface area contributed by atoms with Gasteiger partial charge in [0.2, 0.25) is 0 Å². The van der Waals surface area contributed by atoms with Crippen molar-refractivity contribution in [1.82, 2.24) is 0 Å². The summed E-state index contributed by atoms with van der Waals surface area (Å²) in [6.45, 7) is 0.908. The summed E-state index contributed by atoms with van der Waals surface area (Å²) >= 11 is 0. The highest BCUT2D eigenvalue weighted by atomic mass is 16.5. The van der Waals surface area contributed by atoms with Crippen LogP contribution in [0.4, 0.5) is 0 Å². The van der Waals surface area contributed by atoms with Crippen LogP contribution < -0.4 is 18.9 Å². The lowest BCUT2D eigenvalue weighted by Crippen LogP contribution is -1.99. The maximum absolute atomic E-state index is 6.36. The maximum atomic E-state index is 6.36. The van der Waals surface area contributed by atoms with Crippen LogP contribution in [0.3, 0.4) is 0 Å². The van der Waals surface area contributed by atoms with E-state index in [2.05, 4.69) is 36.4 Å². The van der Waals surface area contributed by atoms with Crippen molar-refractivity contribution in [2.45, 2.75) is 13.2 Å². The minimum atomic E-state index is 0.454. The fourth-order valence-electron chi connectivity index (χ4n) is 4.13. The number of rotatable bonds is 8. The van der Waals surface area contributed by atoms with Crippen LogP contribution in [0.1, 0.15) is 11.1 Å².